The Morgan fingerprint density at radius 3 is 2.15 bits per heavy atom. The molecule has 192 valence electrons. The molecule has 12 heteroatoms. The minimum absolute atomic E-state index is 0.0563. The molecule has 34 heavy (non-hydrogen) atoms. The molecule has 3 rings (SSSR count). The molecule has 0 unspecified atom stereocenters. The van der Waals surface area contributed by atoms with Crippen molar-refractivity contribution < 1.29 is 35.9 Å². The molecule has 0 bridgehead atoms. The van der Waals surface area contributed by atoms with Crippen LogP contribution in [0.15, 0.2) is 18.2 Å². The van der Waals surface area contributed by atoms with Gasteiger partial charge in [-0.25, -0.2) is 4.79 Å². The quantitative estimate of drug-likeness (QED) is 0.454. The molecule has 2 heterocycles. The molecule has 0 radical (unpaired) electrons. The Morgan fingerprint density at radius 1 is 1.09 bits per heavy atom. The predicted octanol–water partition coefficient (Wildman–Crippen LogP) is 5.71. The van der Waals surface area contributed by atoms with Gasteiger partial charge in [0.25, 0.3) is 6.10 Å². The number of amides is 1. The number of benzene rings is 1. The van der Waals surface area contributed by atoms with Crippen molar-refractivity contribution in [2.45, 2.75) is 51.7 Å². The Hall–Kier alpha value is -1.88. The fourth-order valence-electron chi connectivity index (χ4n) is 4.76. The lowest BCUT2D eigenvalue weighted by Gasteiger charge is -2.54. The van der Waals surface area contributed by atoms with Gasteiger partial charge in [0, 0.05) is 56.5 Å². The fraction of sp³-hybridized carbons (Fsp3) is 0.682. The van der Waals surface area contributed by atoms with E-state index in [2.05, 4.69) is 28.4 Å². The van der Waals surface area contributed by atoms with E-state index in [4.69, 9.17) is 11.6 Å². The number of halogens is 7. The van der Waals surface area contributed by atoms with E-state index in [1.54, 1.807) is 0 Å². The van der Waals surface area contributed by atoms with E-state index < -0.39 is 24.5 Å². The van der Waals surface area contributed by atoms with Crippen molar-refractivity contribution in [3.05, 3.63) is 28.8 Å². The second kappa shape index (κ2) is 10.0. The molecule has 2 fully saturated rings. The molecular formula is C22H28ClF6N3O2. The van der Waals surface area contributed by atoms with Crippen molar-refractivity contribution in [1.82, 2.24) is 9.80 Å². The van der Waals surface area contributed by atoms with Crippen LogP contribution in [0.4, 0.5) is 36.8 Å². The molecule has 1 aromatic rings. The third-order valence-corrected chi connectivity index (χ3v) is 6.79. The van der Waals surface area contributed by atoms with Gasteiger partial charge in [0.2, 0.25) is 0 Å². The summed E-state index contributed by atoms with van der Waals surface area (Å²) in [5.41, 5.74) is 2.10. The zero-order valence-electron chi connectivity index (χ0n) is 19.0. The molecule has 0 aliphatic carbocycles. The van der Waals surface area contributed by atoms with Gasteiger partial charge in [0.05, 0.1) is 0 Å². The first-order chi connectivity index (χ1) is 15.8. The van der Waals surface area contributed by atoms with E-state index in [0.29, 0.717) is 24.4 Å². The SMILES string of the molecule is CCN(CC)c1cc(Cl)ccc1CN1CC2(CCN(C(=O)OC(C(F)(F)F)C(F)(F)F)CC2)C1. The molecular weight excluding hydrogens is 488 g/mol. The maximum absolute atomic E-state index is 12.7. The Bertz CT molecular complexity index is 845. The second-order valence-electron chi connectivity index (χ2n) is 8.92. The van der Waals surface area contributed by atoms with Gasteiger partial charge in [0.1, 0.15) is 0 Å². The van der Waals surface area contributed by atoms with Crippen molar-refractivity contribution in [2.24, 2.45) is 5.41 Å². The van der Waals surface area contributed by atoms with Crippen LogP contribution >= 0.6 is 11.6 Å². The number of carbonyl (C=O) groups excluding carboxylic acids is 1. The number of hydrogen-bond donors (Lipinski definition) is 0. The monoisotopic (exact) mass is 515 g/mol. The largest absolute Gasteiger partial charge is 0.434 e. The number of piperidine rings is 1. The summed E-state index contributed by atoms with van der Waals surface area (Å²) in [4.78, 5) is 17.4. The Balaban J connectivity index is 1.54. The van der Waals surface area contributed by atoms with E-state index >= 15 is 0 Å². The maximum Gasteiger partial charge on any atom is 0.434 e. The van der Waals surface area contributed by atoms with Crippen LogP contribution in [0.25, 0.3) is 0 Å². The van der Waals surface area contributed by atoms with Gasteiger partial charge >= 0.3 is 18.4 Å². The third kappa shape index (κ3) is 6.02. The van der Waals surface area contributed by atoms with E-state index in [1.807, 2.05) is 18.2 Å². The topological polar surface area (TPSA) is 36.0 Å². The molecule has 0 N–H and O–H groups in total. The lowest BCUT2D eigenvalue weighted by atomic mass is 9.72. The van der Waals surface area contributed by atoms with Crippen molar-refractivity contribution in [2.75, 3.05) is 44.2 Å². The first kappa shape index (κ1) is 26.7. The third-order valence-electron chi connectivity index (χ3n) is 6.56. The highest BCUT2D eigenvalue weighted by Gasteiger charge is 2.60. The maximum atomic E-state index is 12.7. The number of nitrogens with zero attached hydrogens (tertiary/aromatic N) is 3. The van der Waals surface area contributed by atoms with Crippen LogP contribution in [0, 0.1) is 5.41 Å². The van der Waals surface area contributed by atoms with Gasteiger partial charge < -0.3 is 14.5 Å². The zero-order chi connectivity index (χ0) is 25.3. The van der Waals surface area contributed by atoms with E-state index in [1.165, 1.54) is 0 Å². The normalized spacial score (nSPS) is 18.8. The Labute approximate surface area is 199 Å². The predicted molar refractivity (Wildman–Crippen MR) is 116 cm³/mol. The second-order valence-corrected chi connectivity index (χ2v) is 9.36. The molecule has 0 atom stereocenters. The Morgan fingerprint density at radius 2 is 1.65 bits per heavy atom. The highest BCUT2D eigenvalue weighted by Crippen LogP contribution is 2.42. The molecule has 0 saturated carbocycles. The zero-order valence-corrected chi connectivity index (χ0v) is 19.7. The minimum Gasteiger partial charge on any atom is -0.426 e. The summed E-state index contributed by atoms with van der Waals surface area (Å²) in [5.74, 6) is 0. The van der Waals surface area contributed by atoms with Gasteiger partial charge in [-0.05, 0) is 49.8 Å². The average molecular weight is 516 g/mol. The van der Waals surface area contributed by atoms with E-state index in [9.17, 15) is 31.1 Å². The van der Waals surface area contributed by atoms with Crippen molar-refractivity contribution in [3.63, 3.8) is 0 Å². The molecule has 2 aliphatic heterocycles. The molecule has 0 aromatic heterocycles. The van der Waals surface area contributed by atoms with Crippen LogP contribution in [0.3, 0.4) is 0 Å². The minimum atomic E-state index is -5.72. The first-order valence-corrected chi connectivity index (χ1v) is 11.5. The summed E-state index contributed by atoms with van der Waals surface area (Å²) in [6.07, 6.45) is -16.2. The average Bonchev–Trinajstić information content (AvgIpc) is 2.72. The summed E-state index contributed by atoms with van der Waals surface area (Å²) >= 11 is 6.19. The summed E-state index contributed by atoms with van der Waals surface area (Å²) in [6, 6.07) is 5.79. The lowest BCUT2D eigenvalue weighted by molar-refractivity contribution is -0.308. The van der Waals surface area contributed by atoms with Crippen molar-refractivity contribution in [3.8, 4) is 0 Å². The molecule has 1 spiro atoms. The molecule has 1 aromatic carbocycles. The smallest absolute Gasteiger partial charge is 0.426 e. The summed E-state index contributed by atoms with van der Waals surface area (Å²) in [5, 5.41) is 0.656. The number of rotatable bonds is 6. The highest BCUT2D eigenvalue weighted by atomic mass is 35.5. The molecule has 5 nitrogen and oxygen atoms in total. The number of carbonyl (C=O) groups is 1. The number of likely N-dealkylation sites (tertiary alicyclic amines) is 2. The number of alkyl halides is 6. The Kier molecular flexibility index (Phi) is 7.86. The van der Waals surface area contributed by atoms with E-state index in [0.717, 1.165) is 42.3 Å². The van der Waals surface area contributed by atoms with Gasteiger partial charge in [-0.15, -0.1) is 0 Å². The van der Waals surface area contributed by atoms with Crippen LogP contribution in [-0.2, 0) is 11.3 Å². The van der Waals surface area contributed by atoms with Crippen LogP contribution in [0.1, 0.15) is 32.3 Å². The highest BCUT2D eigenvalue weighted by molar-refractivity contribution is 6.30. The summed E-state index contributed by atoms with van der Waals surface area (Å²) < 4.78 is 79.8. The standard InChI is InChI=1S/C22H28ClF6N3O2/c1-3-31(4-2)17-11-16(23)6-5-15(17)12-30-13-20(14-30)7-9-32(10-8-20)19(33)34-18(21(24,25)26)22(27,28)29/h5-6,11,18H,3-4,7-10,12-14H2,1-2H3. The van der Waals surface area contributed by atoms with E-state index in [-0.39, 0.29) is 18.5 Å². The lowest BCUT2D eigenvalue weighted by Crippen LogP contribution is -2.60. The van der Waals surface area contributed by atoms with Crippen LogP contribution < -0.4 is 4.90 Å². The van der Waals surface area contributed by atoms with Crippen LogP contribution in [0.5, 0.6) is 0 Å². The summed E-state index contributed by atoms with van der Waals surface area (Å²) in [7, 11) is 0. The first-order valence-electron chi connectivity index (χ1n) is 11.1. The number of hydrogen-bond acceptors (Lipinski definition) is 4. The van der Waals surface area contributed by atoms with Gasteiger partial charge in [0.15, 0.2) is 0 Å². The molecule has 1 amide bonds. The van der Waals surface area contributed by atoms with Crippen molar-refractivity contribution in [1.29, 1.82) is 0 Å². The van der Waals surface area contributed by atoms with Crippen LogP contribution in [0.2, 0.25) is 5.02 Å². The van der Waals surface area contributed by atoms with Gasteiger partial charge in [-0.2, -0.15) is 26.3 Å². The van der Waals surface area contributed by atoms with Gasteiger partial charge in [-0.3, -0.25) is 4.90 Å². The van der Waals surface area contributed by atoms with Crippen LogP contribution in [-0.4, -0.2) is 73.6 Å². The number of ether oxygens (including phenoxy) is 1. The molecule has 2 aliphatic rings. The van der Waals surface area contributed by atoms with Gasteiger partial charge in [-0.1, -0.05) is 17.7 Å². The molecule has 2 saturated heterocycles. The number of anilines is 1. The fourth-order valence-corrected chi connectivity index (χ4v) is 4.93. The van der Waals surface area contributed by atoms with Crippen molar-refractivity contribution >= 4 is 23.4 Å². The summed E-state index contributed by atoms with van der Waals surface area (Å²) in [6.45, 7) is 8.10.